The second-order valence-corrected chi connectivity index (χ2v) is 4.29. The van der Waals surface area contributed by atoms with Crippen LogP contribution in [0.4, 0.5) is 10.3 Å². The Morgan fingerprint density at radius 2 is 2.33 bits per heavy atom. The minimum absolute atomic E-state index is 0.190. The van der Waals surface area contributed by atoms with Crippen molar-refractivity contribution in [1.29, 1.82) is 0 Å². The van der Waals surface area contributed by atoms with Crippen LogP contribution in [0.1, 0.15) is 10.6 Å². The number of hydrogen-bond donors (Lipinski definition) is 2. The Hall–Kier alpha value is -1.41. The molecule has 0 aliphatic heterocycles. The molecule has 0 unspecified atom stereocenters. The molecule has 2 rings (SSSR count). The average molecular weight is 289 g/mol. The molecule has 0 aromatic carbocycles. The third kappa shape index (κ3) is 2.34. The topological polar surface area (TPSA) is 94.0 Å². The summed E-state index contributed by atoms with van der Waals surface area (Å²) in [6, 6.07) is 3.17. The van der Waals surface area contributed by atoms with Gasteiger partial charge in [0, 0.05) is 0 Å². The lowest BCUT2D eigenvalue weighted by molar-refractivity contribution is 0.0995. The Labute approximate surface area is 96.6 Å². The monoisotopic (exact) mass is 288 g/mol. The van der Waals surface area contributed by atoms with Crippen molar-refractivity contribution in [2.45, 2.75) is 0 Å². The Kier molecular flexibility index (Phi) is 2.69. The second kappa shape index (κ2) is 3.99. The predicted octanol–water partition coefficient (Wildman–Crippen LogP) is 1.73. The number of halogens is 1. The van der Waals surface area contributed by atoms with Gasteiger partial charge in [0.1, 0.15) is 0 Å². The maximum absolute atomic E-state index is 11.5. The van der Waals surface area contributed by atoms with E-state index in [1.807, 2.05) is 0 Å². The van der Waals surface area contributed by atoms with Crippen LogP contribution in [0.15, 0.2) is 21.2 Å². The van der Waals surface area contributed by atoms with E-state index in [0.29, 0.717) is 14.9 Å². The van der Waals surface area contributed by atoms with Crippen molar-refractivity contribution in [1.82, 2.24) is 10.2 Å². The zero-order valence-electron chi connectivity index (χ0n) is 7.23. The van der Waals surface area contributed by atoms with Gasteiger partial charge in [0.15, 0.2) is 10.4 Å². The molecule has 8 heteroatoms. The molecule has 2 aromatic rings. The van der Waals surface area contributed by atoms with Crippen molar-refractivity contribution < 1.29 is 9.21 Å². The summed E-state index contributed by atoms with van der Waals surface area (Å²) in [5.74, 6) is -0.201. The second-order valence-electron chi connectivity index (χ2n) is 2.50. The van der Waals surface area contributed by atoms with E-state index < -0.39 is 5.91 Å². The van der Waals surface area contributed by atoms with Gasteiger partial charge in [0.05, 0.1) is 0 Å². The lowest BCUT2D eigenvalue weighted by Gasteiger charge is -1.95. The molecule has 2 heterocycles. The van der Waals surface area contributed by atoms with Crippen molar-refractivity contribution in [2.75, 3.05) is 11.1 Å². The van der Waals surface area contributed by atoms with Gasteiger partial charge in [-0.25, -0.2) is 0 Å². The van der Waals surface area contributed by atoms with Crippen LogP contribution in [0.2, 0.25) is 0 Å². The SMILES string of the molecule is Nc1nnc(NC(=O)c2ccc(Br)o2)s1. The van der Waals surface area contributed by atoms with Crippen molar-refractivity contribution in [2.24, 2.45) is 0 Å². The fraction of sp³-hybridized carbons (Fsp3) is 0. The standard InChI is InChI=1S/C7H5BrN4O2S/c8-4-2-1-3(14-4)5(13)10-7-12-11-6(9)15-7/h1-2H,(H2,9,11)(H,10,12,13). The van der Waals surface area contributed by atoms with Crippen molar-refractivity contribution in [3.05, 3.63) is 22.6 Å². The fourth-order valence-corrected chi connectivity index (χ4v) is 1.69. The third-order valence-corrected chi connectivity index (χ3v) is 2.55. The molecule has 0 bridgehead atoms. The van der Waals surface area contributed by atoms with Crippen molar-refractivity contribution in [3.63, 3.8) is 0 Å². The van der Waals surface area contributed by atoms with Gasteiger partial charge in [-0.1, -0.05) is 11.3 Å². The molecule has 0 fully saturated rings. The first kappa shape index (κ1) is 10.1. The van der Waals surface area contributed by atoms with E-state index in [4.69, 9.17) is 10.2 Å². The molecule has 0 saturated heterocycles. The molecule has 78 valence electrons. The lowest BCUT2D eigenvalue weighted by atomic mass is 10.4. The van der Waals surface area contributed by atoms with Crippen LogP contribution in [-0.2, 0) is 0 Å². The molecule has 0 atom stereocenters. The number of furan rings is 1. The first-order valence-electron chi connectivity index (χ1n) is 3.81. The zero-order chi connectivity index (χ0) is 10.8. The summed E-state index contributed by atoms with van der Waals surface area (Å²) in [5, 5.41) is 10.3. The summed E-state index contributed by atoms with van der Waals surface area (Å²) >= 11 is 4.19. The highest BCUT2D eigenvalue weighted by molar-refractivity contribution is 9.10. The lowest BCUT2D eigenvalue weighted by Crippen LogP contribution is -2.10. The number of nitrogen functional groups attached to an aromatic ring is 1. The number of nitrogens with one attached hydrogen (secondary N) is 1. The number of nitrogens with two attached hydrogens (primary N) is 1. The summed E-state index contributed by atoms with van der Waals surface area (Å²) in [4.78, 5) is 11.5. The van der Waals surface area contributed by atoms with E-state index in [1.165, 1.54) is 0 Å². The van der Waals surface area contributed by atoms with Gasteiger partial charge in [-0.05, 0) is 28.1 Å². The highest BCUT2D eigenvalue weighted by Crippen LogP contribution is 2.19. The number of amides is 1. The summed E-state index contributed by atoms with van der Waals surface area (Å²) in [5.41, 5.74) is 5.36. The van der Waals surface area contributed by atoms with E-state index >= 15 is 0 Å². The van der Waals surface area contributed by atoms with Crippen LogP contribution in [0.3, 0.4) is 0 Å². The predicted molar refractivity (Wildman–Crippen MR) is 58.7 cm³/mol. The van der Waals surface area contributed by atoms with Crippen LogP contribution in [0.5, 0.6) is 0 Å². The third-order valence-electron chi connectivity index (χ3n) is 1.46. The summed E-state index contributed by atoms with van der Waals surface area (Å²) in [7, 11) is 0. The van der Waals surface area contributed by atoms with E-state index in [0.717, 1.165) is 11.3 Å². The smallest absolute Gasteiger partial charge is 0.293 e. The fourth-order valence-electron chi connectivity index (χ4n) is 0.880. The summed E-state index contributed by atoms with van der Waals surface area (Å²) in [6.45, 7) is 0. The number of nitrogens with zero attached hydrogens (tertiary/aromatic N) is 2. The Balaban J connectivity index is 2.10. The number of carbonyl (C=O) groups excluding carboxylic acids is 1. The van der Waals surface area contributed by atoms with Gasteiger partial charge in [-0.15, -0.1) is 10.2 Å². The van der Waals surface area contributed by atoms with Crippen LogP contribution < -0.4 is 11.1 Å². The van der Waals surface area contributed by atoms with Crippen LogP contribution in [0, 0.1) is 0 Å². The molecule has 0 aliphatic carbocycles. The molecule has 0 spiro atoms. The largest absolute Gasteiger partial charge is 0.444 e. The normalized spacial score (nSPS) is 10.2. The average Bonchev–Trinajstić information content (AvgIpc) is 2.75. The Bertz CT molecular complexity index is 495. The van der Waals surface area contributed by atoms with Crippen molar-refractivity contribution >= 4 is 43.4 Å². The molecular formula is C7H5BrN4O2S. The molecule has 0 radical (unpaired) electrons. The molecule has 3 N–H and O–H groups in total. The zero-order valence-corrected chi connectivity index (χ0v) is 9.63. The van der Waals surface area contributed by atoms with Crippen LogP contribution in [-0.4, -0.2) is 16.1 Å². The minimum Gasteiger partial charge on any atom is -0.444 e. The van der Waals surface area contributed by atoms with Gasteiger partial charge >= 0.3 is 0 Å². The van der Waals surface area contributed by atoms with Gasteiger partial charge < -0.3 is 10.2 Å². The van der Waals surface area contributed by atoms with Crippen LogP contribution in [0.25, 0.3) is 0 Å². The summed E-state index contributed by atoms with van der Waals surface area (Å²) in [6.07, 6.45) is 0. The van der Waals surface area contributed by atoms with Crippen LogP contribution >= 0.6 is 27.3 Å². The number of carbonyl (C=O) groups is 1. The molecule has 1 amide bonds. The maximum Gasteiger partial charge on any atom is 0.293 e. The number of anilines is 2. The van der Waals surface area contributed by atoms with E-state index in [1.54, 1.807) is 12.1 Å². The Morgan fingerprint density at radius 3 is 2.87 bits per heavy atom. The molecule has 15 heavy (non-hydrogen) atoms. The van der Waals surface area contributed by atoms with E-state index in [-0.39, 0.29) is 5.76 Å². The Morgan fingerprint density at radius 1 is 1.53 bits per heavy atom. The highest BCUT2D eigenvalue weighted by atomic mass is 79.9. The van der Waals surface area contributed by atoms with E-state index in [9.17, 15) is 4.79 Å². The van der Waals surface area contributed by atoms with Gasteiger partial charge in [-0.2, -0.15) is 0 Å². The van der Waals surface area contributed by atoms with Gasteiger partial charge in [-0.3, -0.25) is 10.1 Å². The number of aromatic nitrogens is 2. The summed E-state index contributed by atoms with van der Waals surface area (Å²) < 4.78 is 5.54. The number of hydrogen-bond acceptors (Lipinski definition) is 6. The molecular weight excluding hydrogens is 284 g/mol. The van der Waals surface area contributed by atoms with Gasteiger partial charge in [0.25, 0.3) is 5.91 Å². The minimum atomic E-state index is -0.392. The quantitative estimate of drug-likeness (QED) is 0.878. The van der Waals surface area contributed by atoms with E-state index in [2.05, 4.69) is 31.4 Å². The highest BCUT2D eigenvalue weighted by Gasteiger charge is 2.12. The molecule has 0 saturated carbocycles. The maximum atomic E-state index is 11.5. The first-order valence-corrected chi connectivity index (χ1v) is 5.42. The van der Waals surface area contributed by atoms with Crippen molar-refractivity contribution in [3.8, 4) is 0 Å². The first-order chi connectivity index (χ1) is 7.15. The molecule has 6 nitrogen and oxygen atoms in total. The molecule has 2 aromatic heterocycles. The number of rotatable bonds is 2. The molecule has 0 aliphatic rings. The van der Waals surface area contributed by atoms with Gasteiger partial charge in [0.2, 0.25) is 10.3 Å².